The first kappa shape index (κ1) is 21.7. The normalized spacial score (nSPS) is 15.1. The van der Waals surface area contributed by atoms with Crippen LogP contribution in [-0.2, 0) is 11.2 Å². The Labute approximate surface area is 181 Å². The maximum absolute atomic E-state index is 11.6. The highest BCUT2D eigenvalue weighted by atomic mass is 32.1. The molecular formula is C22H26N2O5S. The number of carbonyl (C=O) groups excluding carboxylic acids is 1. The van der Waals surface area contributed by atoms with Crippen LogP contribution in [0.1, 0.15) is 27.5 Å². The van der Waals surface area contributed by atoms with Crippen LogP contribution in [-0.4, -0.2) is 57.5 Å². The molecule has 0 saturated carbocycles. The lowest BCUT2D eigenvalue weighted by Gasteiger charge is -2.39. The van der Waals surface area contributed by atoms with Crippen LogP contribution in [0.5, 0.6) is 17.2 Å². The maximum atomic E-state index is 11.6. The number of nitrogens with zero attached hydrogens (tertiary/aromatic N) is 1. The van der Waals surface area contributed by atoms with E-state index in [1.165, 1.54) is 12.7 Å². The second kappa shape index (κ2) is 9.67. The summed E-state index contributed by atoms with van der Waals surface area (Å²) in [5, 5.41) is 3.72. The first-order valence-corrected chi connectivity index (χ1v) is 9.97. The minimum Gasteiger partial charge on any atom is -0.493 e. The SMILES string of the molecule is CNC(=S)N1CCc2cc(OC)c(OC)cc2C1COc1ccc(C(=O)OC)cc1. The molecule has 0 spiro atoms. The number of ether oxygens (including phenoxy) is 4. The number of carbonyl (C=O) groups is 1. The van der Waals surface area contributed by atoms with Crippen molar-refractivity contribution in [3.05, 3.63) is 53.1 Å². The van der Waals surface area contributed by atoms with E-state index in [0.717, 1.165) is 18.5 Å². The van der Waals surface area contributed by atoms with Gasteiger partial charge < -0.3 is 29.2 Å². The van der Waals surface area contributed by atoms with Crippen molar-refractivity contribution in [2.75, 3.05) is 41.5 Å². The fourth-order valence-corrected chi connectivity index (χ4v) is 3.79. The first-order valence-electron chi connectivity index (χ1n) is 9.56. The fourth-order valence-electron chi connectivity index (χ4n) is 3.57. The van der Waals surface area contributed by atoms with E-state index in [-0.39, 0.29) is 12.0 Å². The standard InChI is InChI=1S/C22H26N2O5S/c1-23-22(30)24-10-9-15-11-19(26-2)20(27-3)12-17(15)18(24)13-29-16-7-5-14(6-8-16)21(25)28-4/h5-8,11-12,18H,9-10,13H2,1-4H3,(H,23,30). The van der Waals surface area contributed by atoms with Gasteiger partial charge in [0.25, 0.3) is 0 Å². The number of fused-ring (bicyclic) bond motifs is 1. The number of nitrogens with one attached hydrogen (secondary N) is 1. The number of hydrogen-bond acceptors (Lipinski definition) is 6. The average Bonchev–Trinajstić information content (AvgIpc) is 2.80. The summed E-state index contributed by atoms with van der Waals surface area (Å²) in [4.78, 5) is 13.7. The van der Waals surface area contributed by atoms with Crippen molar-refractivity contribution in [2.24, 2.45) is 0 Å². The zero-order valence-electron chi connectivity index (χ0n) is 17.6. The van der Waals surface area contributed by atoms with Gasteiger partial charge in [-0.3, -0.25) is 0 Å². The summed E-state index contributed by atoms with van der Waals surface area (Å²) in [5.74, 6) is 1.65. The Morgan fingerprint density at radius 2 is 1.80 bits per heavy atom. The molecule has 0 bridgehead atoms. The van der Waals surface area contributed by atoms with Gasteiger partial charge in [-0.25, -0.2) is 4.79 Å². The second-order valence-electron chi connectivity index (χ2n) is 6.75. The molecule has 1 aliphatic heterocycles. The Morgan fingerprint density at radius 1 is 1.13 bits per heavy atom. The molecule has 0 aromatic heterocycles. The van der Waals surface area contributed by atoms with Crippen LogP contribution < -0.4 is 19.5 Å². The van der Waals surface area contributed by atoms with Gasteiger partial charge in [0.05, 0.1) is 32.9 Å². The Balaban J connectivity index is 1.87. The Kier molecular flexibility index (Phi) is 6.99. The highest BCUT2D eigenvalue weighted by Gasteiger charge is 2.31. The van der Waals surface area contributed by atoms with Gasteiger partial charge in [0.1, 0.15) is 12.4 Å². The van der Waals surface area contributed by atoms with Crippen LogP contribution in [0.15, 0.2) is 36.4 Å². The smallest absolute Gasteiger partial charge is 0.337 e. The summed E-state index contributed by atoms with van der Waals surface area (Å²) in [7, 11) is 6.43. The molecule has 2 aromatic carbocycles. The summed E-state index contributed by atoms with van der Waals surface area (Å²) in [6.07, 6.45) is 0.835. The van der Waals surface area contributed by atoms with E-state index in [1.807, 2.05) is 19.2 Å². The van der Waals surface area contributed by atoms with Gasteiger partial charge in [0.2, 0.25) is 0 Å². The van der Waals surface area contributed by atoms with E-state index >= 15 is 0 Å². The number of methoxy groups -OCH3 is 3. The van der Waals surface area contributed by atoms with E-state index in [1.54, 1.807) is 38.5 Å². The molecule has 0 aliphatic carbocycles. The summed E-state index contributed by atoms with van der Waals surface area (Å²) in [6.45, 7) is 1.14. The summed E-state index contributed by atoms with van der Waals surface area (Å²) in [6, 6.07) is 10.8. The molecular weight excluding hydrogens is 404 g/mol. The van der Waals surface area contributed by atoms with Crippen molar-refractivity contribution in [3.8, 4) is 17.2 Å². The minimum atomic E-state index is -0.380. The zero-order valence-corrected chi connectivity index (χ0v) is 18.4. The molecule has 1 heterocycles. The lowest BCUT2D eigenvalue weighted by molar-refractivity contribution is 0.0600. The van der Waals surface area contributed by atoms with Crippen molar-refractivity contribution in [1.29, 1.82) is 0 Å². The molecule has 0 fully saturated rings. The average molecular weight is 431 g/mol. The second-order valence-corrected chi connectivity index (χ2v) is 7.13. The molecule has 8 heteroatoms. The summed E-state index contributed by atoms with van der Waals surface area (Å²) < 4.78 is 21.8. The van der Waals surface area contributed by atoms with Crippen LogP contribution >= 0.6 is 12.2 Å². The van der Waals surface area contributed by atoms with Gasteiger partial charge in [-0.1, -0.05) is 0 Å². The highest BCUT2D eigenvalue weighted by Crippen LogP contribution is 2.38. The lowest BCUT2D eigenvalue weighted by Crippen LogP contribution is -2.46. The number of benzene rings is 2. The van der Waals surface area contributed by atoms with E-state index in [4.69, 9.17) is 31.2 Å². The fraction of sp³-hybridized carbons (Fsp3) is 0.364. The molecule has 1 atom stereocenters. The Morgan fingerprint density at radius 3 is 2.40 bits per heavy atom. The first-order chi connectivity index (χ1) is 14.5. The van der Waals surface area contributed by atoms with Gasteiger partial charge in [-0.2, -0.15) is 0 Å². The largest absolute Gasteiger partial charge is 0.493 e. The third-order valence-electron chi connectivity index (χ3n) is 5.16. The maximum Gasteiger partial charge on any atom is 0.337 e. The minimum absolute atomic E-state index is 0.103. The topological polar surface area (TPSA) is 69.3 Å². The zero-order chi connectivity index (χ0) is 21.7. The van der Waals surface area contributed by atoms with Crippen LogP contribution in [0.25, 0.3) is 0 Å². The van der Waals surface area contributed by atoms with Gasteiger partial charge in [0.15, 0.2) is 16.6 Å². The third kappa shape index (κ3) is 4.43. The molecule has 0 amide bonds. The molecule has 160 valence electrons. The van der Waals surface area contributed by atoms with Crippen LogP contribution in [0.3, 0.4) is 0 Å². The molecule has 0 saturated heterocycles. The van der Waals surface area contributed by atoms with Crippen LogP contribution in [0, 0.1) is 0 Å². The monoisotopic (exact) mass is 430 g/mol. The lowest BCUT2D eigenvalue weighted by atomic mass is 9.92. The predicted molar refractivity (Wildman–Crippen MR) is 118 cm³/mol. The molecule has 1 N–H and O–H groups in total. The van der Waals surface area contributed by atoms with Gasteiger partial charge in [-0.15, -0.1) is 0 Å². The van der Waals surface area contributed by atoms with Crippen LogP contribution in [0.4, 0.5) is 0 Å². The number of thiocarbonyl (C=S) groups is 1. The molecule has 3 rings (SSSR count). The number of rotatable bonds is 6. The van der Waals surface area contributed by atoms with Gasteiger partial charge in [0, 0.05) is 13.6 Å². The highest BCUT2D eigenvalue weighted by molar-refractivity contribution is 7.80. The Hall–Kier alpha value is -3.00. The van der Waals surface area contributed by atoms with E-state index in [9.17, 15) is 4.79 Å². The van der Waals surface area contributed by atoms with Crippen molar-refractivity contribution >= 4 is 23.3 Å². The quantitative estimate of drug-likeness (QED) is 0.554. The number of esters is 1. The molecule has 1 aliphatic rings. The van der Waals surface area contributed by atoms with Crippen molar-refractivity contribution in [1.82, 2.24) is 10.2 Å². The molecule has 1 unspecified atom stereocenters. The molecule has 2 aromatic rings. The van der Waals surface area contributed by atoms with Gasteiger partial charge >= 0.3 is 5.97 Å². The van der Waals surface area contributed by atoms with Gasteiger partial charge in [-0.05, 0) is 66.2 Å². The summed E-state index contributed by atoms with van der Waals surface area (Å²) >= 11 is 5.53. The summed E-state index contributed by atoms with van der Waals surface area (Å²) in [5.41, 5.74) is 2.74. The Bertz CT molecular complexity index is 916. The van der Waals surface area contributed by atoms with Crippen molar-refractivity contribution < 1.29 is 23.7 Å². The van der Waals surface area contributed by atoms with E-state index in [0.29, 0.717) is 34.5 Å². The van der Waals surface area contributed by atoms with Crippen molar-refractivity contribution in [2.45, 2.75) is 12.5 Å². The predicted octanol–water partition coefficient (Wildman–Crippen LogP) is 2.97. The molecule has 7 nitrogen and oxygen atoms in total. The van der Waals surface area contributed by atoms with Crippen molar-refractivity contribution in [3.63, 3.8) is 0 Å². The van der Waals surface area contributed by atoms with E-state index in [2.05, 4.69) is 10.2 Å². The molecule has 30 heavy (non-hydrogen) atoms. The number of hydrogen-bond donors (Lipinski definition) is 1. The molecule has 0 radical (unpaired) electrons. The van der Waals surface area contributed by atoms with Crippen LogP contribution in [0.2, 0.25) is 0 Å². The van der Waals surface area contributed by atoms with E-state index < -0.39 is 0 Å². The third-order valence-corrected chi connectivity index (χ3v) is 5.60.